The summed E-state index contributed by atoms with van der Waals surface area (Å²) in [7, 11) is 1.56. The van der Waals surface area contributed by atoms with Gasteiger partial charge in [0.2, 0.25) is 0 Å². The number of nitrogen functional groups attached to an aromatic ring is 1. The molecule has 2 aromatic rings. The van der Waals surface area contributed by atoms with Crippen LogP contribution in [0.1, 0.15) is 21.5 Å². The number of hydrogen-bond donors (Lipinski definition) is 2. The highest BCUT2D eigenvalue weighted by Crippen LogP contribution is 2.25. The lowest BCUT2D eigenvalue weighted by Gasteiger charge is -2.11. The van der Waals surface area contributed by atoms with Gasteiger partial charge in [0.1, 0.15) is 5.75 Å². The second kappa shape index (κ2) is 5.65. The number of anilines is 2. The van der Waals surface area contributed by atoms with Crippen molar-refractivity contribution in [3.8, 4) is 5.75 Å². The minimum Gasteiger partial charge on any atom is -0.495 e. The van der Waals surface area contributed by atoms with Crippen molar-refractivity contribution < 1.29 is 9.53 Å². The number of carbonyl (C=O) groups is 1. The first-order chi connectivity index (χ1) is 9.52. The number of methoxy groups -OCH3 is 1. The van der Waals surface area contributed by atoms with E-state index in [1.807, 2.05) is 32.0 Å². The van der Waals surface area contributed by atoms with Crippen molar-refractivity contribution >= 4 is 17.3 Å². The summed E-state index contributed by atoms with van der Waals surface area (Å²) in [5.74, 6) is 0.450. The third-order valence-electron chi connectivity index (χ3n) is 3.34. The van der Waals surface area contributed by atoms with Crippen molar-refractivity contribution in [3.05, 3.63) is 53.1 Å². The molecule has 0 aliphatic heterocycles. The maximum atomic E-state index is 12.3. The molecule has 0 saturated carbocycles. The normalized spacial score (nSPS) is 10.2. The molecule has 2 aromatic carbocycles. The van der Waals surface area contributed by atoms with E-state index in [0.29, 0.717) is 22.7 Å². The Bertz CT molecular complexity index is 651. The van der Waals surface area contributed by atoms with Crippen LogP contribution in [0.5, 0.6) is 5.75 Å². The van der Waals surface area contributed by atoms with E-state index in [1.54, 1.807) is 25.3 Å². The molecule has 0 unspecified atom stereocenters. The Kier molecular flexibility index (Phi) is 3.94. The van der Waals surface area contributed by atoms with Gasteiger partial charge in [-0.1, -0.05) is 12.1 Å². The van der Waals surface area contributed by atoms with E-state index in [4.69, 9.17) is 10.5 Å². The first-order valence-corrected chi connectivity index (χ1v) is 6.34. The molecule has 4 nitrogen and oxygen atoms in total. The predicted octanol–water partition coefficient (Wildman–Crippen LogP) is 3.15. The molecular formula is C16H18N2O2. The number of aryl methyl sites for hydroxylation is 1. The van der Waals surface area contributed by atoms with Gasteiger partial charge in [-0.15, -0.1) is 0 Å². The van der Waals surface area contributed by atoms with Gasteiger partial charge in [-0.2, -0.15) is 0 Å². The number of ether oxygens (including phenoxy) is 1. The topological polar surface area (TPSA) is 64.3 Å². The van der Waals surface area contributed by atoms with Gasteiger partial charge in [-0.25, -0.2) is 0 Å². The summed E-state index contributed by atoms with van der Waals surface area (Å²) in [4.78, 5) is 12.3. The molecule has 0 bridgehead atoms. The predicted molar refractivity (Wildman–Crippen MR) is 81.3 cm³/mol. The molecule has 0 aromatic heterocycles. The lowest BCUT2D eigenvalue weighted by Crippen LogP contribution is -2.14. The third kappa shape index (κ3) is 2.74. The van der Waals surface area contributed by atoms with Gasteiger partial charge in [0, 0.05) is 11.3 Å². The van der Waals surface area contributed by atoms with Crippen LogP contribution in [-0.4, -0.2) is 13.0 Å². The molecule has 0 spiro atoms. The number of amides is 1. The largest absolute Gasteiger partial charge is 0.495 e. The second-order valence-electron chi connectivity index (χ2n) is 4.66. The Balaban J connectivity index is 2.24. The van der Waals surface area contributed by atoms with Gasteiger partial charge < -0.3 is 15.8 Å². The number of rotatable bonds is 3. The van der Waals surface area contributed by atoms with Crippen LogP contribution in [0, 0.1) is 13.8 Å². The third-order valence-corrected chi connectivity index (χ3v) is 3.34. The Labute approximate surface area is 118 Å². The number of benzene rings is 2. The summed E-state index contributed by atoms with van der Waals surface area (Å²) in [5, 5.41) is 2.84. The van der Waals surface area contributed by atoms with Gasteiger partial charge in [0.25, 0.3) is 5.91 Å². The average Bonchev–Trinajstić information content (AvgIpc) is 2.42. The van der Waals surface area contributed by atoms with Gasteiger partial charge in [0.15, 0.2) is 0 Å². The van der Waals surface area contributed by atoms with E-state index in [9.17, 15) is 4.79 Å². The molecule has 20 heavy (non-hydrogen) atoms. The van der Waals surface area contributed by atoms with Gasteiger partial charge >= 0.3 is 0 Å². The van der Waals surface area contributed by atoms with Crippen molar-refractivity contribution in [2.24, 2.45) is 0 Å². The fraction of sp³-hybridized carbons (Fsp3) is 0.188. The smallest absolute Gasteiger partial charge is 0.255 e. The minimum absolute atomic E-state index is 0.143. The van der Waals surface area contributed by atoms with Gasteiger partial charge in [-0.3, -0.25) is 4.79 Å². The van der Waals surface area contributed by atoms with E-state index >= 15 is 0 Å². The fourth-order valence-corrected chi connectivity index (χ4v) is 2.01. The highest BCUT2D eigenvalue weighted by atomic mass is 16.5. The van der Waals surface area contributed by atoms with Crippen LogP contribution in [0.4, 0.5) is 11.4 Å². The molecule has 0 atom stereocenters. The monoisotopic (exact) mass is 270 g/mol. The van der Waals surface area contributed by atoms with E-state index < -0.39 is 0 Å². The molecule has 104 valence electrons. The van der Waals surface area contributed by atoms with Crippen LogP contribution in [0.15, 0.2) is 36.4 Å². The van der Waals surface area contributed by atoms with Crippen molar-refractivity contribution in [2.75, 3.05) is 18.2 Å². The molecular weight excluding hydrogens is 252 g/mol. The maximum absolute atomic E-state index is 12.3. The summed E-state index contributed by atoms with van der Waals surface area (Å²) < 4.78 is 5.09. The number of nitrogens with two attached hydrogens (primary N) is 1. The highest BCUT2D eigenvalue weighted by molar-refractivity contribution is 6.05. The van der Waals surface area contributed by atoms with Crippen molar-refractivity contribution in [3.63, 3.8) is 0 Å². The lowest BCUT2D eigenvalue weighted by atomic mass is 10.0. The zero-order chi connectivity index (χ0) is 14.7. The van der Waals surface area contributed by atoms with E-state index in [-0.39, 0.29) is 5.91 Å². The zero-order valence-corrected chi connectivity index (χ0v) is 11.9. The van der Waals surface area contributed by atoms with Crippen molar-refractivity contribution in [1.82, 2.24) is 0 Å². The SMILES string of the molecule is COc1ccc(NC(=O)c2cccc(C)c2C)cc1N. The Morgan fingerprint density at radius 2 is 1.95 bits per heavy atom. The lowest BCUT2D eigenvalue weighted by molar-refractivity contribution is 0.102. The van der Waals surface area contributed by atoms with E-state index in [1.165, 1.54) is 0 Å². The van der Waals surface area contributed by atoms with Crippen LogP contribution < -0.4 is 15.8 Å². The van der Waals surface area contributed by atoms with Crippen molar-refractivity contribution in [1.29, 1.82) is 0 Å². The van der Waals surface area contributed by atoms with Gasteiger partial charge in [-0.05, 0) is 49.2 Å². The minimum atomic E-state index is -0.143. The standard InChI is InChI=1S/C16H18N2O2/c1-10-5-4-6-13(11(10)2)16(19)18-12-7-8-15(20-3)14(17)9-12/h4-9H,17H2,1-3H3,(H,18,19). The Hall–Kier alpha value is -2.49. The quantitative estimate of drug-likeness (QED) is 0.842. The van der Waals surface area contributed by atoms with E-state index in [0.717, 1.165) is 11.1 Å². The van der Waals surface area contributed by atoms with Crippen LogP contribution >= 0.6 is 0 Å². The molecule has 4 heteroatoms. The van der Waals surface area contributed by atoms with Crippen LogP contribution in [-0.2, 0) is 0 Å². The van der Waals surface area contributed by atoms with Gasteiger partial charge in [0.05, 0.1) is 12.8 Å². The molecule has 0 radical (unpaired) electrons. The molecule has 3 N–H and O–H groups in total. The molecule has 0 heterocycles. The number of nitrogens with one attached hydrogen (secondary N) is 1. The average molecular weight is 270 g/mol. The van der Waals surface area contributed by atoms with Crippen LogP contribution in [0.2, 0.25) is 0 Å². The Morgan fingerprint density at radius 3 is 2.60 bits per heavy atom. The van der Waals surface area contributed by atoms with Crippen LogP contribution in [0.3, 0.4) is 0 Å². The molecule has 0 saturated heterocycles. The Morgan fingerprint density at radius 1 is 1.20 bits per heavy atom. The molecule has 0 fully saturated rings. The maximum Gasteiger partial charge on any atom is 0.255 e. The summed E-state index contributed by atoms with van der Waals surface area (Å²) >= 11 is 0. The fourth-order valence-electron chi connectivity index (χ4n) is 2.01. The number of hydrogen-bond acceptors (Lipinski definition) is 3. The zero-order valence-electron chi connectivity index (χ0n) is 11.9. The molecule has 0 aliphatic rings. The molecule has 1 amide bonds. The summed E-state index contributed by atoms with van der Waals surface area (Å²) in [6.45, 7) is 3.92. The first-order valence-electron chi connectivity index (χ1n) is 6.34. The summed E-state index contributed by atoms with van der Waals surface area (Å²) in [6.07, 6.45) is 0. The first kappa shape index (κ1) is 13.9. The summed E-state index contributed by atoms with van der Waals surface area (Å²) in [6, 6.07) is 10.8. The second-order valence-corrected chi connectivity index (χ2v) is 4.66. The van der Waals surface area contributed by atoms with Crippen LogP contribution in [0.25, 0.3) is 0 Å². The molecule has 2 rings (SSSR count). The van der Waals surface area contributed by atoms with Crippen molar-refractivity contribution in [2.45, 2.75) is 13.8 Å². The van der Waals surface area contributed by atoms with E-state index in [2.05, 4.69) is 5.32 Å². The highest BCUT2D eigenvalue weighted by Gasteiger charge is 2.11. The number of carbonyl (C=O) groups excluding carboxylic acids is 1. The molecule has 0 aliphatic carbocycles. The summed E-state index contributed by atoms with van der Waals surface area (Å²) in [5.41, 5.74) is 9.70.